The molecule has 2 aliphatic rings. The highest BCUT2D eigenvalue weighted by atomic mass is 32.2. The van der Waals surface area contributed by atoms with E-state index in [1.807, 2.05) is 30.3 Å². The van der Waals surface area contributed by atoms with Crippen LogP contribution in [0.15, 0.2) is 63.9 Å². The maximum absolute atomic E-state index is 12.8. The van der Waals surface area contributed by atoms with Crippen molar-refractivity contribution in [2.75, 3.05) is 26.7 Å². The van der Waals surface area contributed by atoms with Crippen molar-refractivity contribution in [1.29, 1.82) is 0 Å². The molecule has 0 saturated carbocycles. The van der Waals surface area contributed by atoms with Gasteiger partial charge in [0.25, 0.3) is 10.0 Å². The van der Waals surface area contributed by atoms with Gasteiger partial charge >= 0.3 is 0 Å². The largest absolute Gasteiger partial charge is 0.349 e. The third-order valence-corrected chi connectivity index (χ3v) is 6.62. The van der Waals surface area contributed by atoms with Crippen LogP contribution in [0.1, 0.15) is 17.0 Å². The molecule has 2 aromatic rings. The Morgan fingerprint density at radius 3 is 2.57 bits per heavy atom. The first kappa shape index (κ1) is 18.6. The molecule has 1 fully saturated rings. The number of rotatable bonds is 3. The second-order valence-electron chi connectivity index (χ2n) is 7.22. The van der Waals surface area contributed by atoms with Crippen LogP contribution in [0.25, 0.3) is 0 Å². The van der Waals surface area contributed by atoms with Crippen molar-refractivity contribution in [3.05, 3.63) is 65.7 Å². The number of nitrogens with two attached hydrogens (primary N) is 1. The molecule has 0 aliphatic carbocycles. The van der Waals surface area contributed by atoms with E-state index in [0.29, 0.717) is 24.5 Å². The van der Waals surface area contributed by atoms with E-state index in [0.717, 1.165) is 5.56 Å². The molecule has 2 heterocycles. The summed E-state index contributed by atoms with van der Waals surface area (Å²) in [4.78, 5) is 16.3. The van der Waals surface area contributed by atoms with Crippen LogP contribution in [0, 0.1) is 0 Å². The number of hydrogen-bond donors (Lipinski definition) is 1. The molecule has 0 unspecified atom stereocenters. The predicted octanol–water partition coefficient (Wildman–Crippen LogP) is 1.02. The van der Waals surface area contributed by atoms with Gasteiger partial charge in [0, 0.05) is 37.7 Å². The Hall–Kier alpha value is -2.71. The van der Waals surface area contributed by atoms with Crippen LogP contribution >= 0.6 is 0 Å². The van der Waals surface area contributed by atoms with E-state index in [9.17, 15) is 13.2 Å². The minimum atomic E-state index is -3.71. The molecule has 0 aromatic heterocycles. The fourth-order valence-electron chi connectivity index (χ4n) is 3.83. The standard InChI is InChI=1S/C20H22N4O3S/c1-23(20-15-9-5-6-10-18(15)28(26,27)22-20)13-19(25)24-11-16(17(21)12-24)14-7-3-2-4-8-14/h2-10,16-17H,11-13,21H2,1H3/t16-,17+/m0/s1. The molecule has 0 radical (unpaired) electrons. The fraction of sp³-hybridized carbons (Fsp3) is 0.300. The Labute approximate surface area is 164 Å². The first-order chi connectivity index (χ1) is 13.4. The first-order valence-electron chi connectivity index (χ1n) is 9.10. The summed E-state index contributed by atoms with van der Waals surface area (Å²) in [5.41, 5.74) is 7.93. The minimum Gasteiger partial charge on any atom is -0.349 e. The normalized spacial score (nSPS) is 22.6. The molecule has 2 atom stereocenters. The van der Waals surface area contributed by atoms with Gasteiger partial charge in [0.1, 0.15) is 4.90 Å². The molecule has 2 aliphatic heterocycles. The number of nitrogens with zero attached hydrogens (tertiary/aromatic N) is 3. The fourth-order valence-corrected chi connectivity index (χ4v) is 5.08. The molecule has 0 bridgehead atoms. The van der Waals surface area contributed by atoms with Gasteiger partial charge in [0.15, 0.2) is 5.84 Å². The summed E-state index contributed by atoms with van der Waals surface area (Å²) in [6.45, 7) is 1.07. The summed E-state index contributed by atoms with van der Waals surface area (Å²) in [5, 5.41) is 0. The summed E-state index contributed by atoms with van der Waals surface area (Å²) in [6.07, 6.45) is 0. The van der Waals surface area contributed by atoms with Gasteiger partial charge in [-0.1, -0.05) is 42.5 Å². The van der Waals surface area contributed by atoms with Crippen molar-refractivity contribution < 1.29 is 13.2 Å². The quantitative estimate of drug-likeness (QED) is 0.833. The van der Waals surface area contributed by atoms with E-state index in [1.54, 1.807) is 35.0 Å². The third kappa shape index (κ3) is 3.29. The van der Waals surface area contributed by atoms with Gasteiger partial charge in [-0.25, -0.2) is 0 Å². The molecule has 0 spiro atoms. The van der Waals surface area contributed by atoms with Crippen LogP contribution in [0.5, 0.6) is 0 Å². The lowest BCUT2D eigenvalue weighted by atomic mass is 9.95. The van der Waals surface area contributed by atoms with Crippen LogP contribution in [0.2, 0.25) is 0 Å². The molecule has 8 heteroatoms. The average Bonchev–Trinajstić information content (AvgIpc) is 3.20. The highest BCUT2D eigenvalue weighted by Crippen LogP contribution is 2.28. The number of likely N-dealkylation sites (tertiary alicyclic amines) is 1. The SMILES string of the molecule is CN(CC(=O)N1C[C@@H](N)[C@H](c2ccccc2)C1)C1=NS(=O)(=O)c2ccccc21. The number of sulfonamides is 1. The number of carbonyl (C=O) groups is 1. The number of carbonyl (C=O) groups excluding carboxylic acids is 1. The lowest BCUT2D eigenvalue weighted by molar-refractivity contribution is -0.130. The van der Waals surface area contributed by atoms with Gasteiger partial charge in [-0.3, -0.25) is 4.79 Å². The molecule has 28 heavy (non-hydrogen) atoms. The van der Waals surface area contributed by atoms with E-state index in [2.05, 4.69) is 4.40 Å². The summed E-state index contributed by atoms with van der Waals surface area (Å²) < 4.78 is 28.3. The number of amides is 1. The molecular formula is C20H22N4O3S. The molecule has 4 rings (SSSR count). The Bertz CT molecular complexity index is 1040. The zero-order chi connectivity index (χ0) is 19.9. The van der Waals surface area contributed by atoms with Gasteiger partial charge in [-0.2, -0.15) is 8.42 Å². The van der Waals surface area contributed by atoms with Gasteiger partial charge in [0.05, 0.1) is 6.54 Å². The average molecular weight is 398 g/mol. The molecule has 146 valence electrons. The van der Waals surface area contributed by atoms with Gasteiger partial charge in [-0.15, -0.1) is 4.40 Å². The van der Waals surface area contributed by atoms with Crippen molar-refractivity contribution in [3.63, 3.8) is 0 Å². The summed E-state index contributed by atoms with van der Waals surface area (Å²) in [6, 6.07) is 16.5. The van der Waals surface area contributed by atoms with E-state index in [4.69, 9.17) is 5.73 Å². The smallest absolute Gasteiger partial charge is 0.285 e. The van der Waals surface area contributed by atoms with Crippen LogP contribution in [-0.4, -0.2) is 62.7 Å². The highest BCUT2D eigenvalue weighted by molar-refractivity contribution is 7.90. The second kappa shape index (κ2) is 7.03. The molecule has 2 N–H and O–H groups in total. The van der Waals surface area contributed by atoms with Crippen molar-refractivity contribution >= 4 is 21.8 Å². The van der Waals surface area contributed by atoms with Gasteiger partial charge < -0.3 is 15.5 Å². The van der Waals surface area contributed by atoms with Crippen molar-refractivity contribution in [3.8, 4) is 0 Å². The third-order valence-electron chi connectivity index (χ3n) is 5.29. The van der Waals surface area contributed by atoms with Crippen LogP contribution in [0.4, 0.5) is 0 Å². The maximum Gasteiger partial charge on any atom is 0.285 e. The van der Waals surface area contributed by atoms with Crippen LogP contribution in [0.3, 0.4) is 0 Å². The van der Waals surface area contributed by atoms with Crippen molar-refractivity contribution in [1.82, 2.24) is 9.80 Å². The molecule has 1 saturated heterocycles. The van der Waals surface area contributed by atoms with Crippen molar-refractivity contribution in [2.45, 2.75) is 16.9 Å². The Kier molecular flexibility index (Phi) is 4.68. The number of hydrogen-bond acceptors (Lipinski definition) is 5. The zero-order valence-corrected chi connectivity index (χ0v) is 16.3. The summed E-state index contributed by atoms with van der Waals surface area (Å²) >= 11 is 0. The highest BCUT2D eigenvalue weighted by Gasteiger charge is 2.35. The maximum atomic E-state index is 12.8. The Morgan fingerprint density at radius 2 is 1.82 bits per heavy atom. The van der Waals surface area contributed by atoms with Crippen LogP contribution < -0.4 is 5.73 Å². The molecule has 7 nitrogen and oxygen atoms in total. The summed E-state index contributed by atoms with van der Waals surface area (Å²) in [7, 11) is -2.03. The second-order valence-corrected chi connectivity index (χ2v) is 8.79. The number of benzene rings is 2. The van der Waals surface area contributed by atoms with Gasteiger partial charge in [0.2, 0.25) is 5.91 Å². The topological polar surface area (TPSA) is 96.1 Å². The zero-order valence-electron chi connectivity index (χ0n) is 15.5. The monoisotopic (exact) mass is 398 g/mol. The lowest BCUT2D eigenvalue weighted by Gasteiger charge is -2.23. The van der Waals surface area contributed by atoms with E-state index < -0.39 is 10.0 Å². The van der Waals surface area contributed by atoms with Crippen molar-refractivity contribution in [2.24, 2.45) is 10.1 Å². The predicted molar refractivity (Wildman–Crippen MR) is 107 cm³/mol. The van der Waals surface area contributed by atoms with Crippen LogP contribution in [-0.2, 0) is 14.8 Å². The Morgan fingerprint density at radius 1 is 1.14 bits per heavy atom. The molecule has 1 amide bonds. The lowest BCUT2D eigenvalue weighted by Crippen LogP contribution is -2.41. The summed E-state index contributed by atoms with van der Waals surface area (Å²) in [5.74, 6) is 0.299. The Balaban J connectivity index is 1.48. The van der Waals surface area contributed by atoms with Gasteiger partial charge in [-0.05, 0) is 17.7 Å². The number of likely N-dealkylation sites (N-methyl/N-ethyl adjacent to an activating group) is 1. The first-order valence-corrected chi connectivity index (χ1v) is 10.5. The van der Waals surface area contributed by atoms with E-state index in [-0.39, 0.29) is 29.3 Å². The van der Waals surface area contributed by atoms with E-state index >= 15 is 0 Å². The minimum absolute atomic E-state index is 0.0386. The van der Waals surface area contributed by atoms with E-state index in [1.165, 1.54) is 6.07 Å². The molecular weight excluding hydrogens is 376 g/mol. The number of amidine groups is 1. The number of fused-ring (bicyclic) bond motifs is 1. The molecule has 2 aromatic carbocycles.